The van der Waals surface area contributed by atoms with E-state index in [1.165, 1.54) is 37.8 Å². The molecule has 4 nitrogen and oxygen atoms in total. The molecule has 2 aliphatic rings. The minimum atomic E-state index is -0.134. The molecular formula is C15H23N3O. The summed E-state index contributed by atoms with van der Waals surface area (Å²) in [7, 11) is 0. The fraction of sp³-hybridized carbons (Fsp3) is 0.733. The Bertz CT molecular complexity index is 392. The van der Waals surface area contributed by atoms with Crippen LogP contribution < -0.4 is 4.90 Å². The number of anilines is 1. The van der Waals surface area contributed by atoms with Gasteiger partial charge in [-0.1, -0.05) is 19.3 Å². The molecule has 1 aliphatic heterocycles. The molecule has 19 heavy (non-hydrogen) atoms. The summed E-state index contributed by atoms with van der Waals surface area (Å²) in [5, 5.41) is 18.4. The van der Waals surface area contributed by atoms with E-state index in [4.69, 9.17) is 0 Å². The first kappa shape index (κ1) is 12.9. The van der Waals surface area contributed by atoms with Crippen molar-refractivity contribution in [3.05, 3.63) is 17.8 Å². The summed E-state index contributed by atoms with van der Waals surface area (Å²) in [6, 6.07) is 4.26. The van der Waals surface area contributed by atoms with Crippen molar-refractivity contribution in [1.82, 2.24) is 10.2 Å². The van der Waals surface area contributed by atoms with E-state index in [2.05, 4.69) is 27.2 Å². The summed E-state index contributed by atoms with van der Waals surface area (Å²) < 4.78 is 0. The van der Waals surface area contributed by atoms with Gasteiger partial charge in [-0.25, -0.2) is 0 Å². The normalized spacial score (nSPS) is 22.7. The first-order valence-electron chi connectivity index (χ1n) is 7.59. The van der Waals surface area contributed by atoms with Crippen LogP contribution in [0.5, 0.6) is 0 Å². The van der Waals surface area contributed by atoms with Crippen LogP contribution in [0.1, 0.15) is 56.6 Å². The molecule has 1 aliphatic carbocycles. The smallest absolute Gasteiger partial charge is 0.151 e. The quantitative estimate of drug-likeness (QED) is 0.888. The Kier molecular flexibility index (Phi) is 3.97. The number of hydrogen-bond acceptors (Lipinski definition) is 4. The molecule has 2 fully saturated rings. The summed E-state index contributed by atoms with van der Waals surface area (Å²) in [6.07, 6.45) is 8.12. The van der Waals surface area contributed by atoms with E-state index < -0.39 is 0 Å². The molecule has 3 rings (SSSR count). The fourth-order valence-electron chi connectivity index (χ4n) is 3.22. The average Bonchev–Trinajstić information content (AvgIpc) is 2.49. The second-order valence-corrected chi connectivity index (χ2v) is 5.87. The van der Waals surface area contributed by atoms with Gasteiger partial charge in [-0.05, 0) is 37.8 Å². The number of aromatic nitrogens is 2. The van der Waals surface area contributed by atoms with E-state index in [-0.39, 0.29) is 6.10 Å². The second kappa shape index (κ2) is 5.87. The van der Waals surface area contributed by atoms with Crippen molar-refractivity contribution < 1.29 is 5.11 Å². The molecule has 0 atom stereocenters. The minimum absolute atomic E-state index is 0.134. The Balaban J connectivity index is 1.65. The topological polar surface area (TPSA) is 49.2 Å². The molecular weight excluding hydrogens is 238 g/mol. The van der Waals surface area contributed by atoms with Crippen LogP contribution in [-0.2, 0) is 0 Å². The molecule has 1 saturated heterocycles. The molecule has 0 spiro atoms. The van der Waals surface area contributed by atoms with Crippen LogP contribution in [0.25, 0.3) is 0 Å². The lowest BCUT2D eigenvalue weighted by molar-refractivity contribution is 0.145. The van der Waals surface area contributed by atoms with Crippen molar-refractivity contribution >= 4 is 5.82 Å². The predicted molar refractivity (Wildman–Crippen MR) is 75.3 cm³/mol. The number of aliphatic hydroxyl groups is 1. The molecule has 0 bridgehead atoms. The molecule has 0 radical (unpaired) electrons. The third-order valence-electron chi connectivity index (χ3n) is 4.48. The Hall–Kier alpha value is -1.16. The summed E-state index contributed by atoms with van der Waals surface area (Å²) in [4.78, 5) is 2.23. The second-order valence-electron chi connectivity index (χ2n) is 5.87. The SMILES string of the molecule is OC1CCN(c2ccc(C3CCCCC3)nn2)CC1. The van der Waals surface area contributed by atoms with E-state index in [9.17, 15) is 5.11 Å². The number of aliphatic hydroxyl groups excluding tert-OH is 1. The van der Waals surface area contributed by atoms with Crippen LogP contribution in [0.4, 0.5) is 5.82 Å². The molecule has 0 amide bonds. The first-order chi connectivity index (χ1) is 9.33. The Morgan fingerprint density at radius 3 is 2.32 bits per heavy atom. The van der Waals surface area contributed by atoms with Gasteiger partial charge in [0.05, 0.1) is 11.8 Å². The molecule has 1 saturated carbocycles. The first-order valence-corrected chi connectivity index (χ1v) is 7.59. The highest BCUT2D eigenvalue weighted by atomic mass is 16.3. The van der Waals surface area contributed by atoms with Crippen molar-refractivity contribution in [1.29, 1.82) is 0 Å². The lowest BCUT2D eigenvalue weighted by atomic mass is 9.87. The Labute approximate surface area is 114 Å². The molecule has 1 N–H and O–H groups in total. The number of rotatable bonds is 2. The van der Waals surface area contributed by atoms with Gasteiger partial charge in [-0.15, -0.1) is 5.10 Å². The predicted octanol–water partition coefficient (Wildman–Crippen LogP) is 2.49. The minimum Gasteiger partial charge on any atom is -0.393 e. The summed E-state index contributed by atoms with van der Waals surface area (Å²) in [5.41, 5.74) is 1.17. The van der Waals surface area contributed by atoms with Crippen LogP contribution in [-0.4, -0.2) is 34.5 Å². The molecule has 1 aromatic heterocycles. The van der Waals surface area contributed by atoms with Crippen molar-refractivity contribution in [2.24, 2.45) is 0 Å². The van der Waals surface area contributed by atoms with Gasteiger partial charge < -0.3 is 10.0 Å². The van der Waals surface area contributed by atoms with Gasteiger partial charge in [0.15, 0.2) is 5.82 Å². The van der Waals surface area contributed by atoms with Gasteiger partial charge >= 0.3 is 0 Å². The molecule has 104 valence electrons. The Morgan fingerprint density at radius 1 is 0.947 bits per heavy atom. The highest BCUT2D eigenvalue weighted by molar-refractivity contribution is 5.38. The largest absolute Gasteiger partial charge is 0.393 e. The van der Waals surface area contributed by atoms with Crippen molar-refractivity contribution in [3.63, 3.8) is 0 Å². The van der Waals surface area contributed by atoms with Gasteiger partial charge in [-0.3, -0.25) is 0 Å². The number of piperidine rings is 1. The van der Waals surface area contributed by atoms with Gasteiger partial charge in [0.2, 0.25) is 0 Å². The van der Waals surface area contributed by atoms with Crippen molar-refractivity contribution in [2.45, 2.75) is 57.0 Å². The van der Waals surface area contributed by atoms with E-state index in [1.807, 2.05) is 0 Å². The lowest BCUT2D eigenvalue weighted by Crippen LogP contribution is -2.36. The third-order valence-corrected chi connectivity index (χ3v) is 4.48. The van der Waals surface area contributed by atoms with E-state index >= 15 is 0 Å². The van der Waals surface area contributed by atoms with Gasteiger partial charge in [0.25, 0.3) is 0 Å². The third kappa shape index (κ3) is 3.06. The van der Waals surface area contributed by atoms with Crippen LogP contribution in [0, 0.1) is 0 Å². The van der Waals surface area contributed by atoms with Gasteiger partial charge in [0.1, 0.15) is 0 Å². The summed E-state index contributed by atoms with van der Waals surface area (Å²) in [6.45, 7) is 1.78. The highest BCUT2D eigenvalue weighted by Gasteiger charge is 2.20. The highest BCUT2D eigenvalue weighted by Crippen LogP contribution is 2.31. The molecule has 4 heteroatoms. The monoisotopic (exact) mass is 261 g/mol. The average molecular weight is 261 g/mol. The standard InChI is InChI=1S/C15H23N3O/c19-13-8-10-18(11-9-13)15-7-6-14(16-17-15)12-4-2-1-3-5-12/h6-7,12-13,19H,1-5,8-11H2. The van der Waals surface area contributed by atoms with Crippen LogP contribution in [0.3, 0.4) is 0 Å². The van der Waals surface area contributed by atoms with Crippen molar-refractivity contribution in [2.75, 3.05) is 18.0 Å². The molecule has 2 heterocycles. The lowest BCUT2D eigenvalue weighted by Gasteiger charge is -2.30. The van der Waals surface area contributed by atoms with Gasteiger partial charge in [0, 0.05) is 19.0 Å². The van der Waals surface area contributed by atoms with E-state index in [1.54, 1.807) is 0 Å². The fourth-order valence-corrected chi connectivity index (χ4v) is 3.22. The number of hydrogen-bond donors (Lipinski definition) is 1. The zero-order valence-electron chi connectivity index (χ0n) is 11.5. The maximum Gasteiger partial charge on any atom is 0.151 e. The maximum absolute atomic E-state index is 9.53. The number of nitrogens with zero attached hydrogens (tertiary/aromatic N) is 3. The molecule has 0 aromatic carbocycles. The molecule has 1 aromatic rings. The van der Waals surface area contributed by atoms with Gasteiger partial charge in [-0.2, -0.15) is 5.10 Å². The van der Waals surface area contributed by atoms with E-state index in [0.717, 1.165) is 31.7 Å². The molecule has 0 unspecified atom stereocenters. The van der Waals surface area contributed by atoms with Crippen LogP contribution in [0.15, 0.2) is 12.1 Å². The van der Waals surface area contributed by atoms with Crippen molar-refractivity contribution in [3.8, 4) is 0 Å². The van der Waals surface area contributed by atoms with Crippen LogP contribution >= 0.6 is 0 Å². The zero-order valence-corrected chi connectivity index (χ0v) is 11.5. The van der Waals surface area contributed by atoms with E-state index in [0.29, 0.717) is 5.92 Å². The van der Waals surface area contributed by atoms with Crippen LogP contribution in [0.2, 0.25) is 0 Å². The maximum atomic E-state index is 9.53. The summed E-state index contributed by atoms with van der Waals surface area (Å²) >= 11 is 0. The Morgan fingerprint density at radius 2 is 1.68 bits per heavy atom. The zero-order chi connectivity index (χ0) is 13.1. The summed E-state index contributed by atoms with van der Waals surface area (Å²) in [5.74, 6) is 1.59.